The van der Waals surface area contributed by atoms with Crippen LogP contribution in [0, 0.1) is 17.5 Å². The van der Waals surface area contributed by atoms with Gasteiger partial charge in [-0.3, -0.25) is 0 Å². The zero-order chi connectivity index (χ0) is 17.0. The lowest BCUT2D eigenvalue weighted by atomic mass is 10.1. The molecule has 0 aliphatic heterocycles. The van der Waals surface area contributed by atoms with Crippen LogP contribution in [0.3, 0.4) is 0 Å². The van der Waals surface area contributed by atoms with E-state index in [1.165, 1.54) is 18.3 Å². The van der Waals surface area contributed by atoms with Crippen LogP contribution in [0.15, 0.2) is 29.0 Å². The van der Waals surface area contributed by atoms with Gasteiger partial charge >= 0.3 is 6.03 Å². The van der Waals surface area contributed by atoms with Gasteiger partial charge in [-0.2, -0.15) is 11.3 Å². The fourth-order valence-corrected chi connectivity index (χ4v) is 2.64. The maximum atomic E-state index is 13.2. The first kappa shape index (κ1) is 17.3. The highest BCUT2D eigenvalue weighted by Gasteiger charge is 2.16. The van der Waals surface area contributed by atoms with Crippen molar-refractivity contribution in [2.45, 2.75) is 19.1 Å². The third-order valence-corrected chi connectivity index (χ3v) is 3.94. The molecule has 1 aromatic carbocycles. The third-order valence-electron chi connectivity index (χ3n) is 3.24. The lowest BCUT2D eigenvalue weighted by molar-refractivity contribution is 0.173. The predicted molar refractivity (Wildman–Crippen MR) is 80.5 cm³/mol. The van der Waals surface area contributed by atoms with Gasteiger partial charge in [-0.1, -0.05) is 0 Å². The van der Waals surface area contributed by atoms with Crippen LogP contribution < -0.4 is 10.6 Å². The van der Waals surface area contributed by atoms with E-state index in [1.807, 2.05) is 0 Å². The summed E-state index contributed by atoms with van der Waals surface area (Å²) in [4.78, 5) is 11.7. The summed E-state index contributed by atoms with van der Waals surface area (Å²) in [7, 11) is 0. The normalized spacial score (nSPS) is 13.4. The summed E-state index contributed by atoms with van der Waals surface area (Å²) in [6, 6.07) is 2.03. The molecule has 0 fully saturated rings. The van der Waals surface area contributed by atoms with Crippen molar-refractivity contribution >= 4 is 17.4 Å². The molecule has 3 N–H and O–H groups in total. The van der Waals surface area contributed by atoms with E-state index in [2.05, 4.69) is 10.6 Å². The van der Waals surface area contributed by atoms with Crippen LogP contribution in [0.2, 0.25) is 0 Å². The summed E-state index contributed by atoms with van der Waals surface area (Å²) < 4.78 is 39.3. The summed E-state index contributed by atoms with van der Waals surface area (Å²) in [5.41, 5.74) is 0.779. The van der Waals surface area contributed by atoms with Crippen molar-refractivity contribution in [3.05, 3.63) is 57.5 Å². The lowest BCUT2D eigenvalue weighted by Gasteiger charge is -2.17. The fraction of sp³-hybridized carbons (Fsp3) is 0.267. The van der Waals surface area contributed by atoms with Gasteiger partial charge in [0.2, 0.25) is 0 Å². The molecule has 0 radical (unpaired) electrons. The Bertz CT molecular complexity index is 656. The van der Waals surface area contributed by atoms with Gasteiger partial charge < -0.3 is 15.7 Å². The molecule has 2 rings (SSSR count). The largest absolute Gasteiger partial charge is 0.387 e. The summed E-state index contributed by atoms with van der Waals surface area (Å²) >= 11 is 1.42. The second kappa shape index (κ2) is 7.47. The van der Waals surface area contributed by atoms with Gasteiger partial charge in [0.1, 0.15) is 0 Å². The minimum Gasteiger partial charge on any atom is -0.387 e. The third kappa shape index (κ3) is 4.46. The van der Waals surface area contributed by atoms with Crippen molar-refractivity contribution < 1.29 is 23.1 Å². The van der Waals surface area contributed by atoms with Crippen molar-refractivity contribution in [2.75, 3.05) is 6.54 Å². The highest BCUT2D eigenvalue weighted by atomic mass is 32.1. The average molecular weight is 344 g/mol. The molecule has 1 aromatic heterocycles. The van der Waals surface area contributed by atoms with Crippen molar-refractivity contribution in [2.24, 2.45) is 0 Å². The Balaban J connectivity index is 1.90. The second-order valence-corrected chi connectivity index (χ2v) is 5.73. The Kier molecular flexibility index (Phi) is 5.62. The number of carbonyl (C=O) groups excluding carboxylic acids is 1. The minimum absolute atomic E-state index is 0.0125. The number of nitrogens with one attached hydrogen (secondary N) is 2. The summed E-state index contributed by atoms with van der Waals surface area (Å²) in [5.74, 6) is -4.19. The molecule has 0 spiro atoms. The number of urea groups is 1. The molecule has 2 atom stereocenters. The van der Waals surface area contributed by atoms with E-state index in [9.17, 15) is 23.1 Å². The summed E-state index contributed by atoms with van der Waals surface area (Å²) in [6.07, 6.45) is -0.844. The molecule has 2 amide bonds. The Hall–Kier alpha value is -2.06. The second-order valence-electron chi connectivity index (χ2n) is 4.95. The predicted octanol–water partition coefficient (Wildman–Crippen LogP) is 3.26. The fourth-order valence-electron chi connectivity index (χ4n) is 1.93. The van der Waals surface area contributed by atoms with E-state index in [-0.39, 0.29) is 12.1 Å². The van der Waals surface area contributed by atoms with Gasteiger partial charge in [-0.15, -0.1) is 0 Å². The standard InChI is InChI=1S/C15H15F3N2O2S/c1-8(10-4-11(16)14(18)12(17)5-10)20-15(22)19-6-13(21)9-2-3-23-7-9/h2-5,7-8,13,21H,6H2,1H3,(H2,19,20,22)/t8-,13+/m0/s1. The van der Waals surface area contributed by atoms with E-state index in [0.717, 1.165) is 12.1 Å². The van der Waals surface area contributed by atoms with Gasteiger partial charge in [0.25, 0.3) is 0 Å². The van der Waals surface area contributed by atoms with Crippen LogP contribution in [-0.2, 0) is 0 Å². The molecule has 2 aromatic rings. The van der Waals surface area contributed by atoms with Crippen LogP contribution in [0.5, 0.6) is 0 Å². The number of carbonyl (C=O) groups is 1. The molecule has 8 heteroatoms. The topological polar surface area (TPSA) is 61.4 Å². The van der Waals surface area contributed by atoms with E-state index in [4.69, 9.17) is 0 Å². The number of halogens is 3. The molecular weight excluding hydrogens is 329 g/mol. The van der Waals surface area contributed by atoms with Crippen LogP contribution in [0.25, 0.3) is 0 Å². The van der Waals surface area contributed by atoms with Crippen molar-refractivity contribution in [1.82, 2.24) is 10.6 Å². The number of aliphatic hydroxyl groups excluding tert-OH is 1. The number of benzene rings is 1. The first-order chi connectivity index (χ1) is 10.9. The Labute approximate surface area is 135 Å². The highest BCUT2D eigenvalue weighted by Crippen LogP contribution is 2.19. The number of rotatable bonds is 5. The van der Waals surface area contributed by atoms with Gasteiger partial charge in [0, 0.05) is 6.54 Å². The molecule has 0 saturated carbocycles. The zero-order valence-electron chi connectivity index (χ0n) is 12.1. The first-order valence-corrected chi connectivity index (χ1v) is 7.71. The molecule has 124 valence electrons. The van der Waals surface area contributed by atoms with Crippen LogP contribution in [-0.4, -0.2) is 17.7 Å². The Morgan fingerprint density at radius 2 is 1.91 bits per heavy atom. The smallest absolute Gasteiger partial charge is 0.315 e. The number of thiophene rings is 1. The maximum absolute atomic E-state index is 13.2. The van der Waals surface area contributed by atoms with Crippen molar-refractivity contribution in [3.8, 4) is 0 Å². The maximum Gasteiger partial charge on any atom is 0.315 e. The molecule has 0 aliphatic carbocycles. The minimum atomic E-state index is -1.55. The van der Waals surface area contributed by atoms with Crippen LogP contribution in [0.1, 0.15) is 30.2 Å². The Morgan fingerprint density at radius 1 is 1.26 bits per heavy atom. The molecule has 4 nitrogen and oxygen atoms in total. The summed E-state index contributed by atoms with van der Waals surface area (Å²) in [6.45, 7) is 1.49. The molecular formula is C15H15F3N2O2S. The SMILES string of the molecule is C[C@H](NC(=O)NC[C@@H](O)c1ccsc1)c1cc(F)c(F)c(F)c1. The average Bonchev–Trinajstić information content (AvgIpc) is 3.04. The number of aliphatic hydroxyl groups is 1. The van der Waals surface area contributed by atoms with Crippen LogP contribution in [0.4, 0.5) is 18.0 Å². The highest BCUT2D eigenvalue weighted by molar-refractivity contribution is 7.07. The lowest BCUT2D eigenvalue weighted by Crippen LogP contribution is -2.39. The van der Waals surface area contributed by atoms with E-state index in [0.29, 0.717) is 5.56 Å². The summed E-state index contributed by atoms with van der Waals surface area (Å²) in [5, 5.41) is 18.3. The van der Waals surface area contributed by atoms with Gasteiger partial charge in [-0.05, 0) is 47.0 Å². The Morgan fingerprint density at radius 3 is 2.48 bits per heavy atom. The molecule has 0 aliphatic rings. The van der Waals surface area contributed by atoms with Crippen LogP contribution >= 0.6 is 11.3 Å². The molecule has 1 heterocycles. The molecule has 0 unspecified atom stereocenters. The van der Waals surface area contributed by atoms with Gasteiger partial charge in [0.05, 0.1) is 12.1 Å². The van der Waals surface area contributed by atoms with E-state index >= 15 is 0 Å². The van der Waals surface area contributed by atoms with E-state index in [1.54, 1.807) is 16.8 Å². The number of hydrogen-bond donors (Lipinski definition) is 3. The van der Waals surface area contributed by atoms with Crippen molar-refractivity contribution in [1.29, 1.82) is 0 Å². The first-order valence-electron chi connectivity index (χ1n) is 6.77. The monoisotopic (exact) mass is 344 g/mol. The molecule has 0 bridgehead atoms. The number of amides is 2. The molecule has 0 saturated heterocycles. The molecule has 23 heavy (non-hydrogen) atoms. The quantitative estimate of drug-likeness (QED) is 0.729. The van der Waals surface area contributed by atoms with Gasteiger partial charge in [-0.25, -0.2) is 18.0 Å². The van der Waals surface area contributed by atoms with Gasteiger partial charge in [0.15, 0.2) is 17.5 Å². The van der Waals surface area contributed by atoms with Crippen molar-refractivity contribution in [3.63, 3.8) is 0 Å². The zero-order valence-corrected chi connectivity index (χ0v) is 13.0. The number of hydrogen-bond acceptors (Lipinski definition) is 3. The van der Waals surface area contributed by atoms with E-state index < -0.39 is 35.6 Å².